The maximum Gasteiger partial charge on any atom is 0.419 e. The predicted molar refractivity (Wildman–Crippen MR) is 116 cm³/mol. The average Bonchev–Trinajstić information content (AvgIpc) is 2.84. The number of likely N-dealkylation sites (tertiary alicyclic amines) is 1. The van der Waals surface area contributed by atoms with Gasteiger partial charge in [0.15, 0.2) is 17.5 Å². The van der Waals surface area contributed by atoms with Gasteiger partial charge in [0.2, 0.25) is 5.95 Å². The third-order valence-electron chi connectivity index (χ3n) is 5.94. The molecule has 184 valence electrons. The highest BCUT2D eigenvalue weighted by atomic mass is 19.4. The van der Waals surface area contributed by atoms with Gasteiger partial charge >= 0.3 is 6.18 Å². The van der Waals surface area contributed by atoms with Crippen LogP contribution in [0.2, 0.25) is 0 Å². The molecule has 35 heavy (non-hydrogen) atoms. The number of anilines is 1. The van der Waals surface area contributed by atoms with Crippen LogP contribution in [-0.4, -0.2) is 49.9 Å². The summed E-state index contributed by atoms with van der Waals surface area (Å²) in [4.78, 5) is 30.5. The summed E-state index contributed by atoms with van der Waals surface area (Å²) < 4.78 is 67.1. The summed E-state index contributed by atoms with van der Waals surface area (Å²) in [5.74, 6) is -3.01. The van der Waals surface area contributed by atoms with Crippen molar-refractivity contribution < 1.29 is 26.7 Å². The number of rotatable bonds is 5. The molecule has 0 bridgehead atoms. The largest absolute Gasteiger partial charge is 0.419 e. The number of amides is 1. The van der Waals surface area contributed by atoms with Gasteiger partial charge in [-0.2, -0.15) is 13.2 Å². The fraction of sp³-hybridized carbons (Fsp3) is 0.348. The lowest BCUT2D eigenvalue weighted by Crippen LogP contribution is -2.51. The molecule has 0 aliphatic carbocycles. The van der Waals surface area contributed by atoms with Gasteiger partial charge in [0.05, 0.1) is 22.7 Å². The number of hydrogen-bond donors (Lipinski definition) is 1. The SMILES string of the molecule is C[C@@H]1CCCN(C(=O)c2ccc(F)c(F)c2-c2ncccn2)[C@@H]1CNc1ncc(C(F)(F)F)cn1. The van der Waals surface area contributed by atoms with Crippen molar-refractivity contribution in [3.63, 3.8) is 0 Å². The molecule has 2 atom stereocenters. The Labute approximate surface area is 197 Å². The lowest BCUT2D eigenvalue weighted by Gasteiger charge is -2.40. The highest BCUT2D eigenvalue weighted by Gasteiger charge is 2.35. The second-order valence-electron chi connectivity index (χ2n) is 8.22. The second kappa shape index (κ2) is 9.88. The molecule has 1 saturated heterocycles. The minimum atomic E-state index is -4.55. The average molecular weight is 492 g/mol. The number of carbonyl (C=O) groups excluding carboxylic acids is 1. The normalized spacial score (nSPS) is 18.4. The van der Waals surface area contributed by atoms with Gasteiger partial charge in [-0.25, -0.2) is 28.7 Å². The summed E-state index contributed by atoms with van der Waals surface area (Å²) in [5.41, 5.74) is -1.38. The Hall–Kier alpha value is -3.70. The lowest BCUT2D eigenvalue weighted by molar-refractivity contribution is -0.138. The number of aromatic nitrogens is 4. The molecule has 2 aromatic heterocycles. The molecule has 0 unspecified atom stereocenters. The van der Waals surface area contributed by atoms with Crippen molar-refractivity contribution in [2.24, 2.45) is 5.92 Å². The molecule has 4 rings (SSSR count). The van der Waals surface area contributed by atoms with Crippen LogP contribution in [0.4, 0.5) is 27.9 Å². The summed E-state index contributed by atoms with van der Waals surface area (Å²) in [5, 5.41) is 2.88. The van der Waals surface area contributed by atoms with E-state index in [1.807, 2.05) is 6.92 Å². The predicted octanol–water partition coefficient (Wildman–Crippen LogP) is 4.58. The molecule has 7 nitrogen and oxygen atoms in total. The van der Waals surface area contributed by atoms with Gasteiger partial charge in [0.25, 0.3) is 5.91 Å². The highest BCUT2D eigenvalue weighted by molar-refractivity contribution is 6.00. The fourth-order valence-electron chi connectivity index (χ4n) is 4.10. The van der Waals surface area contributed by atoms with Gasteiger partial charge < -0.3 is 10.2 Å². The van der Waals surface area contributed by atoms with Crippen molar-refractivity contribution in [1.82, 2.24) is 24.8 Å². The van der Waals surface area contributed by atoms with Gasteiger partial charge in [0, 0.05) is 37.9 Å². The number of alkyl halides is 3. The Morgan fingerprint density at radius 2 is 1.80 bits per heavy atom. The monoisotopic (exact) mass is 492 g/mol. The van der Waals surface area contributed by atoms with Crippen molar-refractivity contribution in [3.8, 4) is 11.4 Å². The van der Waals surface area contributed by atoms with Crippen LogP contribution in [0.1, 0.15) is 35.7 Å². The van der Waals surface area contributed by atoms with E-state index < -0.39 is 35.3 Å². The Morgan fingerprint density at radius 1 is 1.11 bits per heavy atom. The molecular formula is C23H21F5N6O. The first-order valence-electron chi connectivity index (χ1n) is 10.9. The summed E-state index contributed by atoms with van der Waals surface area (Å²) >= 11 is 0. The molecule has 1 aromatic carbocycles. The number of carbonyl (C=O) groups is 1. The van der Waals surface area contributed by atoms with E-state index in [9.17, 15) is 26.7 Å². The Bertz CT molecular complexity index is 1190. The van der Waals surface area contributed by atoms with Crippen LogP contribution in [-0.2, 0) is 6.18 Å². The fourth-order valence-corrected chi connectivity index (χ4v) is 4.10. The third kappa shape index (κ3) is 5.20. The van der Waals surface area contributed by atoms with Gasteiger partial charge in [-0.3, -0.25) is 4.79 Å². The van der Waals surface area contributed by atoms with Gasteiger partial charge in [-0.05, 0) is 37.0 Å². The van der Waals surface area contributed by atoms with E-state index in [2.05, 4.69) is 25.3 Å². The number of piperidine rings is 1. The topological polar surface area (TPSA) is 83.9 Å². The number of nitrogens with one attached hydrogen (secondary N) is 1. The van der Waals surface area contributed by atoms with Crippen LogP contribution < -0.4 is 5.32 Å². The van der Waals surface area contributed by atoms with Gasteiger partial charge in [-0.15, -0.1) is 0 Å². The molecule has 1 aliphatic heterocycles. The van der Waals surface area contributed by atoms with E-state index in [0.29, 0.717) is 25.4 Å². The van der Waals surface area contributed by atoms with E-state index in [0.717, 1.165) is 12.5 Å². The van der Waals surface area contributed by atoms with Crippen molar-refractivity contribution in [3.05, 3.63) is 65.7 Å². The highest BCUT2D eigenvalue weighted by Crippen LogP contribution is 2.31. The Balaban J connectivity index is 1.60. The molecule has 1 N–H and O–H groups in total. The van der Waals surface area contributed by atoms with E-state index in [4.69, 9.17) is 0 Å². The summed E-state index contributed by atoms with van der Waals surface area (Å²) in [7, 11) is 0. The zero-order chi connectivity index (χ0) is 25.2. The van der Waals surface area contributed by atoms with Crippen LogP contribution in [0.15, 0.2) is 43.0 Å². The summed E-state index contributed by atoms with van der Waals surface area (Å²) in [6.45, 7) is 2.45. The molecule has 3 heterocycles. The first kappa shape index (κ1) is 24.4. The molecule has 3 aromatic rings. The van der Waals surface area contributed by atoms with Crippen LogP contribution in [0, 0.1) is 17.6 Å². The van der Waals surface area contributed by atoms with Crippen molar-refractivity contribution >= 4 is 11.9 Å². The molecule has 1 amide bonds. The molecular weight excluding hydrogens is 471 g/mol. The first-order chi connectivity index (χ1) is 16.7. The molecule has 0 radical (unpaired) electrons. The number of nitrogens with zero attached hydrogens (tertiary/aromatic N) is 5. The van der Waals surface area contributed by atoms with Crippen LogP contribution >= 0.6 is 0 Å². The Morgan fingerprint density at radius 3 is 2.46 bits per heavy atom. The van der Waals surface area contributed by atoms with Gasteiger partial charge in [-0.1, -0.05) is 6.92 Å². The minimum absolute atomic E-state index is 0.0105. The van der Waals surface area contributed by atoms with Crippen molar-refractivity contribution in [1.29, 1.82) is 0 Å². The lowest BCUT2D eigenvalue weighted by atomic mass is 9.89. The van der Waals surface area contributed by atoms with Crippen molar-refractivity contribution in [2.45, 2.75) is 32.0 Å². The quantitative estimate of drug-likeness (QED) is 0.525. The van der Waals surface area contributed by atoms with E-state index in [1.165, 1.54) is 24.5 Å². The van der Waals surface area contributed by atoms with Crippen LogP contribution in [0.3, 0.4) is 0 Å². The van der Waals surface area contributed by atoms with Crippen LogP contribution in [0.5, 0.6) is 0 Å². The molecule has 0 saturated carbocycles. The van der Waals surface area contributed by atoms with Gasteiger partial charge in [0.1, 0.15) is 0 Å². The van der Waals surface area contributed by atoms with E-state index in [-0.39, 0.29) is 35.4 Å². The maximum atomic E-state index is 14.8. The summed E-state index contributed by atoms with van der Waals surface area (Å²) in [6.07, 6.45) is 1.02. The molecule has 0 spiro atoms. The zero-order valence-electron chi connectivity index (χ0n) is 18.6. The standard InChI is InChI=1S/C23H21F5N6O/c1-13-4-2-9-34(17(13)12-33-22-31-10-14(11-32-22)23(26,27)28)21(35)15-5-6-16(24)19(25)18(15)20-29-7-3-8-30-20/h3,5-8,10-11,13,17H,2,4,9,12H2,1H3,(H,31,32,33)/t13-,17-/m1/s1. The maximum absolute atomic E-state index is 14.8. The molecule has 1 fully saturated rings. The summed E-state index contributed by atoms with van der Waals surface area (Å²) in [6, 6.07) is 3.19. The smallest absolute Gasteiger partial charge is 0.352 e. The molecule has 1 aliphatic rings. The van der Waals surface area contributed by atoms with Crippen molar-refractivity contribution in [2.75, 3.05) is 18.4 Å². The number of benzene rings is 1. The van der Waals surface area contributed by atoms with Crippen LogP contribution in [0.25, 0.3) is 11.4 Å². The van der Waals surface area contributed by atoms with E-state index >= 15 is 0 Å². The second-order valence-corrected chi connectivity index (χ2v) is 8.22. The minimum Gasteiger partial charge on any atom is -0.352 e. The Kier molecular flexibility index (Phi) is 6.90. The molecule has 12 heteroatoms. The van der Waals surface area contributed by atoms with E-state index in [1.54, 1.807) is 4.90 Å². The number of hydrogen-bond acceptors (Lipinski definition) is 6. The number of halogens is 5. The third-order valence-corrected chi connectivity index (χ3v) is 5.94. The first-order valence-corrected chi connectivity index (χ1v) is 10.9. The zero-order valence-corrected chi connectivity index (χ0v) is 18.6.